The number of aliphatic hydroxyl groups is 1. The van der Waals surface area contributed by atoms with E-state index in [-0.39, 0.29) is 6.61 Å². The molecule has 0 aromatic heterocycles. The van der Waals surface area contributed by atoms with E-state index in [0.717, 1.165) is 18.4 Å². The molecular formula is C14H18O4. The van der Waals surface area contributed by atoms with Crippen LogP contribution in [0.3, 0.4) is 0 Å². The van der Waals surface area contributed by atoms with E-state index in [1.54, 1.807) is 0 Å². The van der Waals surface area contributed by atoms with E-state index in [1.807, 2.05) is 30.3 Å². The van der Waals surface area contributed by atoms with Crippen molar-refractivity contribution in [3.8, 4) is 0 Å². The fraction of sp³-hybridized carbons (Fsp3) is 0.500. The summed E-state index contributed by atoms with van der Waals surface area (Å²) in [5.41, 5.74) is 0.915. The third-order valence-electron chi connectivity index (χ3n) is 3.11. The zero-order valence-electron chi connectivity index (χ0n) is 10.2. The zero-order valence-corrected chi connectivity index (χ0v) is 10.2. The second kappa shape index (κ2) is 6.40. The Kier molecular flexibility index (Phi) is 4.59. The second-order valence-electron chi connectivity index (χ2n) is 4.53. The molecule has 1 N–H and O–H groups in total. The van der Waals surface area contributed by atoms with Crippen LogP contribution in [-0.2, 0) is 16.1 Å². The molecule has 0 unspecified atom stereocenters. The molecule has 0 spiro atoms. The molecule has 2 rings (SSSR count). The quantitative estimate of drug-likeness (QED) is 0.838. The van der Waals surface area contributed by atoms with Crippen molar-refractivity contribution < 1.29 is 19.4 Å². The molecule has 1 saturated carbocycles. The number of ether oxygens (including phenoxy) is 2. The highest BCUT2D eigenvalue weighted by molar-refractivity contribution is 5.60. The summed E-state index contributed by atoms with van der Waals surface area (Å²) >= 11 is 0. The SMILES string of the molecule is O=C(OCc1ccccc1)O[C@@H]1CCCC[C@H]1O. The first kappa shape index (κ1) is 12.9. The van der Waals surface area contributed by atoms with Gasteiger partial charge in [0, 0.05) is 0 Å². The van der Waals surface area contributed by atoms with Crippen molar-refractivity contribution >= 4 is 6.16 Å². The van der Waals surface area contributed by atoms with Crippen molar-refractivity contribution in [1.82, 2.24) is 0 Å². The summed E-state index contributed by atoms with van der Waals surface area (Å²) in [6.45, 7) is 0.197. The van der Waals surface area contributed by atoms with Gasteiger partial charge in [0.25, 0.3) is 0 Å². The van der Waals surface area contributed by atoms with Gasteiger partial charge in [0.2, 0.25) is 0 Å². The molecule has 0 amide bonds. The molecule has 0 bridgehead atoms. The van der Waals surface area contributed by atoms with E-state index < -0.39 is 18.4 Å². The van der Waals surface area contributed by atoms with Gasteiger partial charge in [0.1, 0.15) is 12.7 Å². The van der Waals surface area contributed by atoms with Gasteiger partial charge in [-0.25, -0.2) is 4.79 Å². The van der Waals surface area contributed by atoms with E-state index in [1.165, 1.54) is 0 Å². The molecule has 1 aromatic rings. The predicted octanol–water partition coefficient (Wildman–Crippen LogP) is 2.64. The van der Waals surface area contributed by atoms with Crippen molar-refractivity contribution in [1.29, 1.82) is 0 Å². The van der Waals surface area contributed by atoms with Gasteiger partial charge in [0.15, 0.2) is 0 Å². The summed E-state index contributed by atoms with van der Waals surface area (Å²) in [4.78, 5) is 11.5. The Morgan fingerprint density at radius 1 is 1.22 bits per heavy atom. The van der Waals surface area contributed by atoms with Gasteiger partial charge in [0.05, 0.1) is 6.10 Å². The molecule has 0 saturated heterocycles. The molecule has 2 atom stereocenters. The van der Waals surface area contributed by atoms with Crippen molar-refractivity contribution in [2.45, 2.75) is 44.5 Å². The lowest BCUT2D eigenvalue weighted by molar-refractivity contribution is -0.0510. The molecular weight excluding hydrogens is 232 g/mol. The number of hydrogen-bond acceptors (Lipinski definition) is 4. The summed E-state index contributed by atoms with van der Waals surface area (Å²) in [5.74, 6) is 0. The monoisotopic (exact) mass is 250 g/mol. The molecule has 4 nitrogen and oxygen atoms in total. The zero-order chi connectivity index (χ0) is 12.8. The number of carbonyl (C=O) groups excluding carboxylic acids is 1. The largest absolute Gasteiger partial charge is 0.508 e. The van der Waals surface area contributed by atoms with Crippen LogP contribution < -0.4 is 0 Å². The minimum Gasteiger partial charge on any atom is -0.429 e. The van der Waals surface area contributed by atoms with Gasteiger partial charge in [-0.05, 0) is 24.8 Å². The van der Waals surface area contributed by atoms with Gasteiger partial charge < -0.3 is 14.6 Å². The van der Waals surface area contributed by atoms with Crippen LogP contribution in [0.2, 0.25) is 0 Å². The summed E-state index contributed by atoms with van der Waals surface area (Å²) in [5, 5.41) is 9.67. The van der Waals surface area contributed by atoms with Crippen LogP contribution in [0.5, 0.6) is 0 Å². The fourth-order valence-electron chi connectivity index (χ4n) is 2.09. The predicted molar refractivity (Wildman–Crippen MR) is 66.0 cm³/mol. The molecule has 1 fully saturated rings. The number of rotatable bonds is 3. The van der Waals surface area contributed by atoms with Crippen molar-refractivity contribution in [2.24, 2.45) is 0 Å². The van der Waals surface area contributed by atoms with Gasteiger partial charge in [-0.3, -0.25) is 0 Å². The van der Waals surface area contributed by atoms with Crippen LogP contribution >= 0.6 is 0 Å². The van der Waals surface area contributed by atoms with Crippen LogP contribution in [0, 0.1) is 0 Å². The van der Waals surface area contributed by atoms with Crippen LogP contribution in [0.1, 0.15) is 31.2 Å². The lowest BCUT2D eigenvalue weighted by Gasteiger charge is -2.26. The van der Waals surface area contributed by atoms with E-state index in [4.69, 9.17) is 9.47 Å². The minimum atomic E-state index is -0.704. The summed E-state index contributed by atoms with van der Waals surface area (Å²) in [7, 11) is 0. The van der Waals surface area contributed by atoms with E-state index in [0.29, 0.717) is 12.8 Å². The molecule has 4 heteroatoms. The van der Waals surface area contributed by atoms with Gasteiger partial charge in [-0.15, -0.1) is 0 Å². The third-order valence-corrected chi connectivity index (χ3v) is 3.11. The highest BCUT2D eigenvalue weighted by Crippen LogP contribution is 2.21. The molecule has 1 aliphatic carbocycles. The molecule has 0 heterocycles. The Balaban J connectivity index is 1.75. The Bertz CT molecular complexity index is 377. The average molecular weight is 250 g/mol. The Morgan fingerprint density at radius 2 is 1.94 bits per heavy atom. The van der Waals surface area contributed by atoms with Crippen LogP contribution in [0.15, 0.2) is 30.3 Å². The molecule has 0 aliphatic heterocycles. The van der Waals surface area contributed by atoms with Crippen molar-refractivity contribution in [3.05, 3.63) is 35.9 Å². The standard InChI is InChI=1S/C14H18O4/c15-12-8-4-5-9-13(12)18-14(16)17-10-11-6-2-1-3-7-11/h1-3,6-7,12-13,15H,4-5,8-10H2/t12-,13-/m1/s1. The lowest BCUT2D eigenvalue weighted by Crippen LogP contribution is -2.34. The molecule has 98 valence electrons. The molecule has 18 heavy (non-hydrogen) atoms. The summed E-state index contributed by atoms with van der Waals surface area (Å²) in [6, 6.07) is 9.43. The number of aliphatic hydroxyl groups excluding tert-OH is 1. The van der Waals surface area contributed by atoms with Gasteiger partial charge in [-0.1, -0.05) is 36.8 Å². The first-order valence-corrected chi connectivity index (χ1v) is 6.31. The second-order valence-corrected chi connectivity index (χ2v) is 4.53. The topological polar surface area (TPSA) is 55.8 Å². The summed E-state index contributed by atoms with van der Waals surface area (Å²) < 4.78 is 10.1. The fourth-order valence-corrected chi connectivity index (χ4v) is 2.09. The lowest BCUT2D eigenvalue weighted by atomic mass is 9.95. The molecule has 1 aliphatic rings. The Labute approximate surface area is 107 Å². The number of hydrogen-bond donors (Lipinski definition) is 1. The Hall–Kier alpha value is -1.55. The Morgan fingerprint density at radius 3 is 2.67 bits per heavy atom. The number of carbonyl (C=O) groups is 1. The van der Waals surface area contributed by atoms with E-state index >= 15 is 0 Å². The van der Waals surface area contributed by atoms with Gasteiger partial charge in [-0.2, -0.15) is 0 Å². The van der Waals surface area contributed by atoms with E-state index in [9.17, 15) is 9.90 Å². The van der Waals surface area contributed by atoms with Crippen LogP contribution in [0.25, 0.3) is 0 Å². The normalized spacial score (nSPS) is 23.4. The summed E-state index contributed by atoms with van der Waals surface area (Å²) in [6.07, 6.45) is 1.70. The first-order valence-electron chi connectivity index (χ1n) is 6.31. The average Bonchev–Trinajstić information content (AvgIpc) is 2.40. The highest BCUT2D eigenvalue weighted by atomic mass is 16.7. The molecule has 1 aromatic carbocycles. The maximum absolute atomic E-state index is 11.5. The van der Waals surface area contributed by atoms with Gasteiger partial charge >= 0.3 is 6.16 Å². The first-order chi connectivity index (χ1) is 8.75. The van der Waals surface area contributed by atoms with Crippen molar-refractivity contribution in [3.63, 3.8) is 0 Å². The van der Waals surface area contributed by atoms with Crippen LogP contribution in [0.4, 0.5) is 4.79 Å². The molecule has 0 radical (unpaired) electrons. The minimum absolute atomic E-state index is 0.197. The van der Waals surface area contributed by atoms with Crippen molar-refractivity contribution in [2.75, 3.05) is 0 Å². The maximum atomic E-state index is 11.5. The maximum Gasteiger partial charge on any atom is 0.508 e. The highest BCUT2D eigenvalue weighted by Gasteiger charge is 2.26. The smallest absolute Gasteiger partial charge is 0.429 e. The van der Waals surface area contributed by atoms with Crippen LogP contribution in [-0.4, -0.2) is 23.5 Å². The third kappa shape index (κ3) is 3.74. The van der Waals surface area contributed by atoms with E-state index in [2.05, 4.69) is 0 Å². The number of benzene rings is 1.